The van der Waals surface area contributed by atoms with E-state index in [-0.39, 0.29) is 11.4 Å². The van der Waals surface area contributed by atoms with Crippen molar-refractivity contribution in [1.82, 2.24) is 9.99 Å². The summed E-state index contributed by atoms with van der Waals surface area (Å²) in [5, 5.41) is 16.4. The van der Waals surface area contributed by atoms with Crippen molar-refractivity contribution in [2.75, 3.05) is 0 Å². The summed E-state index contributed by atoms with van der Waals surface area (Å²) in [4.78, 5) is 22.6. The van der Waals surface area contributed by atoms with Crippen molar-refractivity contribution >= 4 is 39.7 Å². The van der Waals surface area contributed by atoms with E-state index >= 15 is 0 Å². The van der Waals surface area contributed by atoms with Gasteiger partial charge in [0.1, 0.15) is 5.58 Å². The van der Waals surface area contributed by atoms with Crippen LogP contribution in [0.5, 0.6) is 0 Å². The molecule has 2 aromatic heterocycles. The Hall–Kier alpha value is -3.94. The Morgan fingerprint density at radius 2 is 2.11 bits per heavy atom. The van der Waals surface area contributed by atoms with E-state index in [0.717, 1.165) is 23.0 Å². The van der Waals surface area contributed by atoms with Gasteiger partial charge in [-0.1, -0.05) is 18.2 Å². The van der Waals surface area contributed by atoms with Gasteiger partial charge in [0.25, 0.3) is 5.69 Å². The van der Waals surface area contributed by atoms with Gasteiger partial charge in [-0.05, 0) is 25.1 Å². The molecule has 0 spiro atoms. The summed E-state index contributed by atoms with van der Waals surface area (Å²) in [5.41, 5.74) is 4.74. The monoisotopic (exact) mass is 376 g/mol. The molecule has 2 aromatic carbocycles. The number of fused-ring (bicyclic) bond motifs is 2. The molecule has 0 unspecified atom stereocenters. The van der Waals surface area contributed by atoms with E-state index in [1.165, 1.54) is 24.3 Å². The van der Waals surface area contributed by atoms with Crippen LogP contribution in [-0.4, -0.2) is 21.6 Å². The zero-order valence-electron chi connectivity index (χ0n) is 15.0. The predicted molar refractivity (Wildman–Crippen MR) is 106 cm³/mol. The molecule has 1 amide bonds. The molecule has 0 saturated carbocycles. The van der Waals surface area contributed by atoms with Crippen molar-refractivity contribution < 1.29 is 14.1 Å². The molecular weight excluding hydrogens is 360 g/mol. The van der Waals surface area contributed by atoms with Crippen molar-refractivity contribution in [2.24, 2.45) is 5.10 Å². The van der Waals surface area contributed by atoms with Crippen LogP contribution < -0.4 is 5.43 Å². The number of benzene rings is 2. The highest BCUT2D eigenvalue weighted by molar-refractivity contribution is 6.01. The summed E-state index contributed by atoms with van der Waals surface area (Å²) >= 11 is 0. The Bertz CT molecular complexity index is 1240. The number of rotatable bonds is 5. The number of non-ortho nitro benzene ring substituents is 1. The Balaban J connectivity index is 1.54. The number of aromatic nitrogens is 1. The fourth-order valence-corrected chi connectivity index (χ4v) is 3.11. The molecule has 1 N–H and O–H groups in total. The van der Waals surface area contributed by atoms with Crippen LogP contribution in [-0.2, 0) is 6.54 Å². The van der Waals surface area contributed by atoms with Crippen LogP contribution in [0.3, 0.4) is 0 Å². The lowest BCUT2D eigenvalue weighted by Crippen LogP contribution is -2.16. The lowest BCUT2D eigenvalue weighted by atomic mass is 10.2. The van der Waals surface area contributed by atoms with Crippen molar-refractivity contribution in [1.29, 1.82) is 0 Å². The quantitative estimate of drug-likeness (QED) is 0.322. The first-order valence-corrected chi connectivity index (χ1v) is 8.66. The predicted octanol–water partition coefficient (Wildman–Crippen LogP) is 4.08. The Morgan fingerprint density at radius 3 is 2.89 bits per heavy atom. The molecule has 0 aliphatic rings. The molecule has 0 atom stereocenters. The van der Waals surface area contributed by atoms with Crippen LogP contribution in [0.15, 0.2) is 64.2 Å². The largest absolute Gasteiger partial charge is 0.451 e. The second-order valence-electron chi connectivity index (χ2n) is 6.18. The number of nitrogens with zero attached hydrogens (tertiary/aromatic N) is 3. The maximum Gasteiger partial charge on any atom is 0.307 e. The minimum absolute atomic E-state index is 0.0311. The zero-order valence-corrected chi connectivity index (χ0v) is 15.0. The second-order valence-corrected chi connectivity index (χ2v) is 6.18. The van der Waals surface area contributed by atoms with Gasteiger partial charge < -0.3 is 8.98 Å². The summed E-state index contributed by atoms with van der Waals surface area (Å²) in [6.45, 7) is 2.88. The molecule has 4 rings (SSSR count). The number of nitro benzene ring substituents is 1. The lowest BCUT2D eigenvalue weighted by Gasteiger charge is -1.97. The number of furan rings is 1. The number of nitro groups is 1. The second kappa shape index (κ2) is 6.99. The summed E-state index contributed by atoms with van der Waals surface area (Å²) < 4.78 is 7.55. The minimum atomic E-state index is -0.533. The summed E-state index contributed by atoms with van der Waals surface area (Å²) in [6.07, 6.45) is 3.56. The van der Waals surface area contributed by atoms with Crippen LogP contribution in [0, 0.1) is 10.1 Å². The molecule has 0 fully saturated rings. The van der Waals surface area contributed by atoms with E-state index in [4.69, 9.17) is 4.42 Å². The van der Waals surface area contributed by atoms with Crippen LogP contribution >= 0.6 is 0 Å². The molecule has 4 aromatic rings. The maximum atomic E-state index is 12.3. The summed E-state index contributed by atoms with van der Waals surface area (Å²) in [6, 6.07) is 13.6. The molecule has 8 heteroatoms. The molecule has 0 saturated heterocycles. The number of carbonyl (C=O) groups excluding carboxylic acids is 1. The average Bonchev–Trinajstić information content (AvgIpc) is 3.29. The number of para-hydroxylation sites is 1. The Labute approximate surface area is 159 Å². The fourth-order valence-electron chi connectivity index (χ4n) is 3.11. The number of carbonyl (C=O) groups is 1. The normalized spacial score (nSPS) is 11.5. The van der Waals surface area contributed by atoms with Crippen LogP contribution in [0.25, 0.3) is 21.9 Å². The molecule has 0 bridgehead atoms. The van der Waals surface area contributed by atoms with E-state index in [9.17, 15) is 14.9 Å². The van der Waals surface area contributed by atoms with Gasteiger partial charge in [-0.2, -0.15) is 5.10 Å². The Morgan fingerprint density at radius 1 is 1.29 bits per heavy atom. The van der Waals surface area contributed by atoms with E-state index in [2.05, 4.69) is 22.0 Å². The third-order valence-electron chi connectivity index (χ3n) is 4.46. The first kappa shape index (κ1) is 17.5. The molecule has 28 heavy (non-hydrogen) atoms. The smallest absolute Gasteiger partial charge is 0.307 e. The summed E-state index contributed by atoms with van der Waals surface area (Å²) in [7, 11) is 0. The van der Waals surface area contributed by atoms with Crippen molar-refractivity contribution in [3.8, 4) is 0 Å². The van der Waals surface area contributed by atoms with Crippen LogP contribution in [0.2, 0.25) is 0 Å². The third kappa shape index (κ3) is 3.11. The van der Waals surface area contributed by atoms with Crippen molar-refractivity contribution in [2.45, 2.75) is 13.5 Å². The molecule has 0 aliphatic carbocycles. The van der Waals surface area contributed by atoms with Gasteiger partial charge in [0.15, 0.2) is 5.76 Å². The van der Waals surface area contributed by atoms with E-state index in [1.807, 2.05) is 30.5 Å². The SMILES string of the molecule is CCn1cc(/C=N\NC(=O)c2cc3cc([N+](=O)[O-])ccc3o2)c2ccccc21. The van der Waals surface area contributed by atoms with Gasteiger partial charge in [-0.3, -0.25) is 14.9 Å². The van der Waals surface area contributed by atoms with Crippen LogP contribution in [0.4, 0.5) is 5.69 Å². The van der Waals surface area contributed by atoms with Crippen molar-refractivity contribution in [3.63, 3.8) is 0 Å². The first-order chi connectivity index (χ1) is 13.6. The van der Waals surface area contributed by atoms with Gasteiger partial charge in [0.2, 0.25) is 0 Å². The number of aryl methyl sites for hydroxylation is 1. The Kier molecular flexibility index (Phi) is 4.36. The molecule has 0 radical (unpaired) electrons. The first-order valence-electron chi connectivity index (χ1n) is 8.66. The summed E-state index contributed by atoms with van der Waals surface area (Å²) in [5.74, 6) is -0.502. The van der Waals surface area contributed by atoms with Gasteiger partial charge >= 0.3 is 5.91 Å². The average molecular weight is 376 g/mol. The molecule has 2 heterocycles. The molecule has 140 valence electrons. The third-order valence-corrected chi connectivity index (χ3v) is 4.46. The number of hydrogen-bond acceptors (Lipinski definition) is 5. The molecular formula is C20H16N4O4. The highest BCUT2D eigenvalue weighted by Gasteiger charge is 2.14. The highest BCUT2D eigenvalue weighted by Crippen LogP contribution is 2.24. The van der Waals surface area contributed by atoms with E-state index in [0.29, 0.717) is 11.0 Å². The zero-order chi connectivity index (χ0) is 19.7. The van der Waals surface area contributed by atoms with Crippen LogP contribution in [0.1, 0.15) is 23.0 Å². The van der Waals surface area contributed by atoms with Gasteiger partial charge in [-0.15, -0.1) is 0 Å². The number of hydrazone groups is 1. The van der Waals surface area contributed by atoms with Crippen molar-refractivity contribution in [3.05, 3.63) is 76.2 Å². The maximum absolute atomic E-state index is 12.3. The molecule has 8 nitrogen and oxygen atoms in total. The topological polar surface area (TPSA) is 103 Å². The van der Waals surface area contributed by atoms with E-state index < -0.39 is 10.8 Å². The lowest BCUT2D eigenvalue weighted by molar-refractivity contribution is -0.384. The standard InChI is InChI=1S/C20H16N4O4/c1-2-23-12-14(16-5-3-4-6-17(16)23)11-21-22-20(25)19-10-13-9-15(24(26)27)7-8-18(13)28-19/h3-12H,2H2,1H3,(H,22,25)/b21-11-. The van der Waals surface area contributed by atoms with E-state index in [1.54, 1.807) is 6.21 Å². The molecule has 0 aliphatic heterocycles. The fraction of sp³-hybridized carbons (Fsp3) is 0.100. The number of amides is 1. The van der Waals surface area contributed by atoms with Gasteiger partial charge in [-0.25, -0.2) is 5.43 Å². The number of nitrogens with one attached hydrogen (secondary N) is 1. The van der Waals surface area contributed by atoms with Gasteiger partial charge in [0.05, 0.1) is 11.1 Å². The van der Waals surface area contributed by atoms with Gasteiger partial charge in [0, 0.05) is 46.7 Å². The highest BCUT2D eigenvalue weighted by atomic mass is 16.6. The number of hydrogen-bond donors (Lipinski definition) is 1. The minimum Gasteiger partial charge on any atom is -0.451 e.